The number of alkyl halides is 2. The van der Waals surface area contributed by atoms with Gasteiger partial charge in [0.2, 0.25) is 0 Å². The largest absolute Gasteiger partial charge is 0.280 e. The molecule has 0 aliphatic heterocycles. The van der Waals surface area contributed by atoms with Crippen LogP contribution in [0.25, 0.3) is 0 Å². The van der Waals surface area contributed by atoms with Gasteiger partial charge in [-0.15, -0.1) is 0 Å². The molecule has 1 aromatic heterocycles. The smallest absolute Gasteiger partial charge is 0.254 e. The molecule has 0 fully saturated rings. The average Bonchev–Trinajstić information content (AvgIpc) is 2.01. The number of pyridine rings is 1. The van der Waals surface area contributed by atoms with Crippen molar-refractivity contribution in [3.8, 4) is 0 Å². The van der Waals surface area contributed by atoms with Crippen molar-refractivity contribution in [2.45, 2.75) is 11.3 Å². The van der Waals surface area contributed by atoms with Crippen LogP contribution in [0.3, 0.4) is 0 Å². The lowest BCUT2D eigenvalue weighted by Crippen LogP contribution is -2.00. The van der Waals surface area contributed by atoms with E-state index < -0.39 is 31.9 Å². The van der Waals surface area contributed by atoms with Crippen molar-refractivity contribution in [1.82, 2.24) is 4.98 Å². The van der Waals surface area contributed by atoms with Gasteiger partial charge < -0.3 is 0 Å². The minimum absolute atomic E-state index is 0.333. The molecule has 0 bridgehead atoms. The number of halogens is 4. The van der Waals surface area contributed by atoms with Gasteiger partial charge in [-0.2, -0.15) is 0 Å². The third-order valence-electron chi connectivity index (χ3n) is 1.33. The molecule has 0 radical (unpaired) electrons. The molecule has 1 rings (SSSR count). The fourth-order valence-corrected chi connectivity index (χ4v) is 1.54. The third kappa shape index (κ3) is 2.36. The summed E-state index contributed by atoms with van der Waals surface area (Å²) in [5.41, 5.74) is -0.841. The van der Waals surface area contributed by atoms with Crippen LogP contribution in [0, 0.1) is 5.82 Å². The van der Waals surface area contributed by atoms with Crippen LogP contribution >= 0.6 is 10.7 Å². The predicted molar refractivity (Wildman–Crippen MR) is 42.2 cm³/mol. The van der Waals surface area contributed by atoms with E-state index in [-0.39, 0.29) is 0 Å². The first-order chi connectivity index (χ1) is 6.32. The van der Waals surface area contributed by atoms with Crippen LogP contribution in [0.4, 0.5) is 13.2 Å². The average molecular weight is 246 g/mol. The number of hydrogen-bond acceptors (Lipinski definition) is 3. The Bertz CT molecular complexity index is 448. The molecule has 0 unspecified atom stereocenters. The zero-order chi connectivity index (χ0) is 10.9. The molecule has 14 heavy (non-hydrogen) atoms. The second-order valence-electron chi connectivity index (χ2n) is 2.28. The molecule has 1 aromatic rings. The van der Waals surface area contributed by atoms with Gasteiger partial charge in [-0.1, -0.05) is 0 Å². The number of nitrogens with zero attached hydrogens (tertiary/aromatic N) is 1. The van der Waals surface area contributed by atoms with E-state index in [2.05, 4.69) is 4.98 Å². The van der Waals surface area contributed by atoms with Gasteiger partial charge in [-0.25, -0.2) is 21.6 Å². The van der Waals surface area contributed by atoms with Gasteiger partial charge in [-0.05, 0) is 0 Å². The summed E-state index contributed by atoms with van der Waals surface area (Å²) in [4.78, 5) is 2.14. The van der Waals surface area contributed by atoms with Gasteiger partial charge >= 0.3 is 0 Å². The summed E-state index contributed by atoms with van der Waals surface area (Å²) in [6.07, 6.45) is -2.50. The Hall–Kier alpha value is -0.820. The van der Waals surface area contributed by atoms with E-state index in [1.165, 1.54) is 0 Å². The quantitative estimate of drug-likeness (QED) is 0.750. The normalized spacial score (nSPS) is 12.1. The van der Waals surface area contributed by atoms with Crippen molar-refractivity contribution in [3.05, 3.63) is 23.8 Å². The second-order valence-corrected chi connectivity index (χ2v) is 4.81. The van der Waals surface area contributed by atoms with Gasteiger partial charge in [0, 0.05) is 16.7 Å². The first-order valence-electron chi connectivity index (χ1n) is 3.20. The van der Waals surface area contributed by atoms with E-state index in [9.17, 15) is 21.6 Å². The fraction of sp³-hybridized carbons (Fsp3) is 0.167. The van der Waals surface area contributed by atoms with Crippen LogP contribution in [0.2, 0.25) is 0 Å². The molecule has 78 valence electrons. The lowest BCUT2D eigenvalue weighted by atomic mass is 10.3. The van der Waals surface area contributed by atoms with Crippen LogP contribution in [-0.2, 0) is 9.05 Å². The standard InChI is InChI=1S/C6H3ClF3NO2S/c7-14(12,13)5-2-11-4(6(9)10)1-3(5)8/h1-2,6H. The van der Waals surface area contributed by atoms with Crippen LogP contribution in [0.5, 0.6) is 0 Å². The molecule has 0 aromatic carbocycles. The summed E-state index contributed by atoms with van der Waals surface area (Å²) in [5, 5.41) is 0. The highest BCUT2D eigenvalue weighted by atomic mass is 35.7. The van der Waals surface area contributed by atoms with Crippen LogP contribution in [-0.4, -0.2) is 13.4 Å². The first-order valence-corrected chi connectivity index (χ1v) is 5.51. The van der Waals surface area contributed by atoms with Crippen LogP contribution in [0.1, 0.15) is 12.1 Å². The summed E-state index contributed by atoms with van der Waals surface area (Å²) >= 11 is 0. The predicted octanol–water partition coefficient (Wildman–Crippen LogP) is 2.09. The van der Waals surface area contributed by atoms with E-state index in [0.717, 1.165) is 0 Å². The molecule has 3 nitrogen and oxygen atoms in total. The van der Waals surface area contributed by atoms with Crippen molar-refractivity contribution in [1.29, 1.82) is 0 Å². The van der Waals surface area contributed by atoms with Crippen LogP contribution < -0.4 is 0 Å². The van der Waals surface area contributed by atoms with Crippen molar-refractivity contribution < 1.29 is 21.6 Å². The van der Waals surface area contributed by atoms with Crippen LogP contribution in [0.15, 0.2) is 17.2 Å². The Labute approximate surface area is 81.9 Å². The highest BCUT2D eigenvalue weighted by Crippen LogP contribution is 2.22. The number of hydrogen-bond donors (Lipinski definition) is 0. The van der Waals surface area contributed by atoms with Crippen molar-refractivity contribution >= 4 is 19.7 Å². The summed E-state index contributed by atoms with van der Waals surface area (Å²) in [7, 11) is 0.514. The lowest BCUT2D eigenvalue weighted by Gasteiger charge is -2.01. The molecule has 0 aliphatic carbocycles. The Morgan fingerprint density at radius 2 is 2.00 bits per heavy atom. The summed E-state index contributed by atoms with van der Waals surface area (Å²) < 4.78 is 58.1. The summed E-state index contributed by atoms with van der Waals surface area (Å²) in [6.45, 7) is 0. The topological polar surface area (TPSA) is 47.0 Å². The van der Waals surface area contributed by atoms with Crippen molar-refractivity contribution in [2.24, 2.45) is 0 Å². The van der Waals surface area contributed by atoms with Crippen molar-refractivity contribution in [2.75, 3.05) is 0 Å². The third-order valence-corrected chi connectivity index (χ3v) is 2.65. The molecule has 0 amide bonds. The highest BCUT2D eigenvalue weighted by Gasteiger charge is 2.19. The molecular formula is C6H3ClF3NO2S. The zero-order valence-corrected chi connectivity index (χ0v) is 7.99. The van der Waals surface area contributed by atoms with Gasteiger partial charge in [-0.3, -0.25) is 4.98 Å². The van der Waals surface area contributed by atoms with Gasteiger partial charge in [0.05, 0.1) is 6.20 Å². The minimum Gasteiger partial charge on any atom is -0.254 e. The Balaban J connectivity index is 3.28. The molecule has 0 spiro atoms. The minimum atomic E-state index is -4.29. The summed E-state index contributed by atoms with van der Waals surface area (Å²) in [6, 6.07) is 0.333. The van der Waals surface area contributed by atoms with Gasteiger partial charge in [0.15, 0.2) is 0 Å². The van der Waals surface area contributed by atoms with Gasteiger partial charge in [0.1, 0.15) is 16.4 Å². The van der Waals surface area contributed by atoms with E-state index in [1.807, 2.05) is 0 Å². The van der Waals surface area contributed by atoms with E-state index in [1.54, 1.807) is 0 Å². The molecular weight excluding hydrogens is 243 g/mol. The van der Waals surface area contributed by atoms with Crippen molar-refractivity contribution in [3.63, 3.8) is 0 Å². The maximum absolute atomic E-state index is 12.9. The molecule has 0 saturated heterocycles. The molecule has 0 aliphatic rings. The number of rotatable bonds is 2. The Morgan fingerprint density at radius 3 is 2.36 bits per heavy atom. The second kappa shape index (κ2) is 3.74. The lowest BCUT2D eigenvalue weighted by molar-refractivity contribution is 0.145. The number of aromatic nitrogens is 1. The van der Waals surface area contributed by atoms with E-state index in [0.29, 0.717) is 12.3 Å². The SMILES string of the molecule is O=S(=O)(Cl)c1cnc(C(F)F)cc1F. The first kappa shape index (κ1) is 11.3. The fourth-order valence-electron chi connectivity index (χ4n) is 0.732. The maximum atomic E-state index is 12.9. The van der Waals surface area contributed by atoms with E-state index >= 15 is 0 Å². The molecule has 8 heteroatoms. The van der Waals surface area contributed by atoms with E-state index in [4.69, 9.17) is 10.7 Å². The molecule has 0 saturated carbocycles. The molecule has 1 heterocycles. The summed E-state index contributed by atoms with van der Waals surface area (Å²) in [5.74, 6) is -1.34. The molecule has 0 atom stereocenters. The highest BCUT2D eigenvalue weighted by molar-refractivity contribution is 8.13. The zero-order valence-electron chi connectivity index (χ0n) is 6.42. The maximum Gasteiger partial charge on any atom is 0.280 e. The Kier molecular flexibility index (Phi) is 3.01. The molecule has 0 N–H and O–H groups in total. The Morgan fingerprint density at radius 1 is 1.43 bits per heavy atom. The monoisotopic (exact) mass is 245 g/mol. The van der Waals surface area contributed by atoms with Gasteiger partial charge in [0.25, 0.3) is 15.5 Å².